The van der Waals surface area contributed by atoms with E-state index >= 15 is 0 Å². The Bertz CT molecular complexity index is 257. The summed E-state index contributed by atoms with van der Waals surface area (Å²) in [4.78, 5) is 0. The van der Waals surface area contributed by atoms with Crippen LogP contribution in [-0.4, -0.2) is 38.4 Å². The van der Waals surface area contributed by atoms with Gasteiger partial charge in [-0.2, -0.15) is 12.7 Å². The third-order valence-corrected chi connectivity index (χ3v) is 3.40. The molecular formula is C7H17N3O2S. The molecule has 0 atom stereocenters. The number of rotatable bonds is 4. The van der Waals surface area contributed by atoms with Gasteiger partial charge in [0.15, 0.2) is 0 Å². The summed E-state index contributed by atoms with van der Waals surface area (Å²) in [5, 5.41) is 0. The van der Waals surface area contributed by atoms with Gasteiger partial charge >= 0.3 is 0 Å². The minimum Gasteiger partial charge on any atom is -0.325 e. The molecule has 1 aliphatic rings. The van der Waals surface area contributed by atoms with Crippen LogP contribution in [0.25, 0.3) is 0 Å². The van der Waals surface area contributed by atoms with E-state index < -0.39 is 10.2 Å². The SMILES string of the molecule is CC(C)CNS(=O)(=O)N1CC(N)C1. The van der Waals surface area contributed by atoms with Crippen LogP contribution in [0.4, 0.5) is 0 Å². The standard InChI is InChI=1S/C7H17N3O2S/c1-6(2)3-9-13(11,12)10-4-7(8)5-10/h6-7,9H,3-5,8H2,1-2H3. The van der Waals surface area contributed by atoms with Crippen LogP contribution in [-0.2, 0) is 10.2 Å². The second-order valence-corrected chi connectivity index (χ2v) is 5.58. The summed E-state index contributed by atoms with van der Waals surface area (Å²) < 4.78 is 26.7. The number of hydrogen-bond donors (Lipinski definition) is 2. The van der Waals surface area contributed by atoms with Crippen molar-refractivity contribution in [2.24, 2.45) is 11.7 Å². The van der Waals surface area contributed by atoms with Gasteiger partial charge in [-0.3, -0.25) is 0 Å². The van der Waals surface area contributed by atoms with Crippen molar-refractivity contribution in [1.82, 2.24) is 9.03 Å². The van der Waals surface area contributed by atoms with Gasteiger partial charge in [-0.05, 0) is 5.92 Å². The fraction of sp³-hybridized carbons (Fsp3) is 1.00. The highest BCUT2D eigenvalue weighted by atomic mass is 32.2. The minimum atomic E-state index is -3.25. The molecule has 3 N–H and O–H groups in total. The lowest BCUT2D eigenvalue weighted by molar-refractivity contribution is 0.261. The van der Waals surface area contributed by atoms with E-state index in [1.54, 1.807) is 0 Å². The van der Waals surface area contributed by atoms with E-state index in [9.17, 15) is 8.42 Å². The molecule has 0 saturated carbocycles. The first-order valence-electron chi connectivity index (χ1n) is 4.42. The molecule has 0 aromatic rings. The lowest BCUT2D eigenvalue weighted by atomic mass is 10.2. The summed E-state index contributed by atoms with van der Waals surface area (Å²) in [6.45, 7) is 5.28. The zero-order chi connectivity index (χ0) is 10.1. The number of nitrogens with one attached hydrogen (secondary N) is 1. The molecule has 1 fully saturated rings. The first-order chi connectivity index (χ1) is 5.92. The van der Waals surface area contributed by atoms with Crippen LogP contribution < -0.4 is 10.5 Å². The zero-order valence-electron chi connectivity index (χ0n) is 8.03. The Labute approximate surface area is 79.5 Å². The fourth-order valence-corrected chi connectivity index (χ4v) is 2.53. The summed E-state index contributed by atoms with van der Waals surface area (Å²) in [7, 11) is -3.25. The number of nitrogens with zero attached hydrogens (tertiary/aromatic N) is 1. The zero-order valence-corrected chi connectivity index (χ0v) is 8.84. The van der Waals surface area contributed by atoms with Crippen molar-refractivity contribution in [3.05, 3.63) is 0 Å². The maximum atomic E-state index is 11.4. The predicted molar refractivity (Wildman–Crippen MR) is 51.3 cm³/mol. The van der Waals surface area contributed by atoms with Crippen molar-refractivity contribution in [3.8, 4) is 0 Å². The fourth-order valence-electron chi connectivity index (χ4n) is 1.03. The van der Waals surface area contributed by atoms with Gasteiger partial charge in [-0.1, -0.05) is 13.8 Å². The molecule has 5 nitrogen and oxygen atoms in total. The topological polar surface area (TPSA) is 75.4 Å². The third-order valence-electron chi connectivity index (χ3n) is 1.89. The van der Waals surface area contributed by atoms with E-state index in [4.69, 9.17) is 5.73 Å². The lowest BCUT2D eigenvalue weighted by Crippen LogP contribution is -2.60. The van der Waals surface area contributed by atoms with Crippen LogP contribution in [0.2, 0.25) is 0 Å². The molecule has 0 bridgehead atoms. The van der Waals surface area contributed by atoms with Crippen LogP contribution in [0, 0.1) is 5.92 Å². The molecule has 1 aliphatic heterocycles. The van der Waals surface area contributed by atoms with Crippen molar-refractivity contribution in [1.29, 1.82) is 0 Å². The maximum absolute atomic E-state index is 11.4. The molecule has 78 valence electrons. The molecule has 6 heteroatoms. The Morgan fingerprint density at radius 1 is 1.54 bits per heavy atom. The molecule has 0 spiro atoms. The van der Waals surface area contributed by atoms with Gasteiger partial charge in [0.05, 0.1) is 0 Å². The van der Waals surface area contributed by atoms with Crippen molar-refractivity contribution in [2.75, 3.05) is 19.6 Å². The molecule has 1 heterocycles. The second-order valence-electron chi connectivity index (χ2n) is 3.82. The molecule has 13 heavy (non-hydrogen) atoms. The maximum Gasteiger partial charge on any atom is 0.279 e. The van der Waals surface area contributed by atoms with Gasteiger partial charge in [-0.15, -0.1) is 0 Å². The Balaban J connectivity index is 2.39. The van der Waals surface area contributed by atoms with E-state index in [-0.39, 0.29) is 6.04 Å². The van der Waals surface area contributed by atoms with Crippen LogP contribution in [0.5, 0.6) is 0 Å². The van der Waals surface area contributed by atoms with Gasteiger partial charge in [0, 0.05) is 25.7 Å². The smallest absolute Gasteiger partial charge is 0.279 e. The van der Waals surface area contributed by atoms with E-state index in [0.29, 0.717) is 25.6 Å². The minimum absolute atomic E-state index is 0.00984. The van der Waals surface area contributed by atoms with E-state index in [2.05, 4.69) is 4.72 Å². The largest absolute Gasteiger partial charge is 0.325 e. The Morgan fingerprint density at radius 2 is 2.08 bits per heavy atom. The summed E-state index contributed by atoms with van der Waals surface area (Å²) in [5.41, 5.74) is 5.49. The van der Waals surface area contributed by atoms with Gasteiger partial charge < -0.3 is 5.73 Å². The van der Waals surface area contributed by atoms with Crippen LogP contribution in [0.1, 0.15) is 13.8 Å². The summed E-state index contributed by atoms with van der Waals surface area (Å²) in [5.74, 6) is 0.324. The first-order valence-corrected chi connectivity index (χ1v) is 5.86. The third kappa shape index (κ3) is 2.91. The van der Waals surface area contributed by atoms with Crippen LogP contribution in [0.3, 0.4) is 0 Å². The molecule has 0 unspecified atom stereocenters. The second kappa shape index (κ2) is 3.91. The number of hydrogen-bond acceptors (Lipinski definition) is 3. The quantitative estimate of drug-likeness (QED) is 0.628. The highest BCUT2D eigenvalue weighted by Gasteiger charge is 2.32. The molecular weight excluding hydrogens is 190 g/mol. The Morgan fingerprint density at radius 3 is 2.46 bits per heavy atom. The van der Waals surface area contributed by atoms with Crippen molar-refractivity contribution in [3.63, 3.8) is 0 Å². The summed E-state index contributed by atoms with van der Waals surface area (Å²) in [6.07, 6.45) is 0. The molecule has 1 rings (SSSR count). The molecule has 0 aromatic heterocycles. The van der Waals surface area contributed by atoms with Gasteiger partial charge in [0.2, 0.25) is 0 Å². The van der Waals surface area contributed by atoms with E-state index in [1.807, 2.05) is 13.8 Å². The summed E-state index contributed by atoms with van der Waals surface area (Å²) >= 11 is 0. The van der Waals surface area contributed by atoms with Gasteiger partial charge in [0.1, 0.15) is 0 Å². The monoisotopic (exact) mass is 207 g/mol. The predicted octanol–water partition coefficient (Wildman–Crippen LogP) is -0.880. The highest BCUT2D eigenvalue weighted by molar-refractivity contribution is 7.87. The average Bonchev–Trinajstić information content (AvgIpc) is 1.95. The van der Waals surface area contributed by atoms with Crippen molar-refractivity contribution < 1.29 is 8.42 Å². The average molecular weight is 207 g/mol. The Hall–Kier alpha value is -0.170. The molecule has 1 saturated heterocycles. The molecule has 0 aromatic carbocycles. The summed E-state index contributed by atoms with van der Waals surface area (Å²) in [6, 6.07) is 0.00984. The van der Waals surface area contributed by atoms with Gasteiger partial charge in [-0.25, -0.2) is 4.72 Å². The van der Waals surface area contributed by atoms with Crippen molar-refractivity contribution in [2.45, 2.75) is 19.9 Å². The van der Waals surface area contributed by atoms with Crippen LogP contribution >= 0.6 is 0 Å². The molecule has 0 radical (unpaired) electrons. The first kappa shape index (κ1) is 10.9. The number of nitrogens with two attached hydrogens (primary N) is 1. The van der Waals surface area contributed by atoms with E-state index in [0.717, 1.165) is 0 Å². The highest BCUT2D eigenvalue weighted by Crippen LogP contribution is 2.09. The molecule has 0 amide bonds. The van der Waals surface area contributed by atoms with Crippen LogP contribution in [0.15, 0.2) is 0 Å². The van der Waals surface area contributed by atoms with Crippen molar-refractivity contribution >= 4 is 10.2 Å². The van der Waals surface area contributed by atoms with E-state index in [1.165, 1.54) is 4.31 Å². The lowest BCUT2D eigenvalue weighted by Gasteiger charge is -2.35. The van der Waals surface area contributed by atoms with Gasteiger partial charge in [0.25, 0.3) is 10.2 Å². The normalized spacial score (nSPS) is 20.6. The Kier molecular flexibility index (Phi) is 3.28. The molecule has 0 aliphatic carbocycles.